The highest BCUT2D eigenvalue weighted by molar-refractivity contribution is 7.17. The zero-order valence-corrected chi connectivity index (χ0v) is 15.5. The molecule has 0 spiro atoms. The van der Waals surface area contributed by atoms with Gasteiger partial charge in [-0.15, -0.1) is 11.3 Å². The summed E-state index contributed by atoms with van der Waals surface area (Å²) in [4.78, 5) is 26.4. The number of thiophene rings is 1. The van der Waals surface area contributed by atoms with E-state index in [1.54, 1.807) is 17.0 Å². The number of alkyl halides is 3. The summed E-state index contributed by atoms with van der Waals surface area (Å²) in [6.45, 7) is 3.70. The lowest BCUT2D eigenvalue weighted by atomic mass is 10.1. The second-order valence-electron chi connectivity index (χ2n) is 6.44. The summed E-state index contributed by atoms with van der Waals surface area (Å²) in [6, 6.07) is 3.05. The van der Waals surface area contributed by atoms with Gasteiger partial charge in [0.05, 0.1) is 9.75 Å². The fourth-order valence-electron chi connectivity index (χ4n) is 3.13. The first-order chi connectivity index (χ1) is 12.7. The molecule has 2 amide bonds. The summed E-state index contributed by atoms with van der Waals surface area (Å²) < 4.78 is 43.0. The van der Waals surface area contributed by atoms with Gasteiger partial charge < -0.3 is 14.7 Å². The van der Waals surface area contributed by atoms with Gasteiger partial charge in [0.2, 0.25) is 11.7 Å². The third-order valence-electron chi connectivity index (χ3n) is 4.35. The van der Waals surface area contributed by atoms with E-state index >= 15 is 0 Å². The fourth-order valence-corrected chi connectivity index (χ4v) is 4.15. The Kier molecular flexibility index (Phi) is 5.27. The average molecular weight is 401 g/mol. The van der Waals surface area contributed by atoms with E-state index in [9.17, 15) is 22.8 Å². The Morgan fingerprint density at radius 1 is 1.37 bits per heavy atom. The van der Waals surface area contributed by atoms with Gasteiger partial charge in [0.1, 0.15) is 5.69 Å². The third kappa shape index (κ3) is 4.15. The predicted molar refractivity (Wildman–Crippen MR) is 92.3 cm³/mol. The highest BCUT2D eigenvalue weighted by Gasteiger charge is 2.39. The maximum atomic E-state index is 12.9. The molecule has 1 aliphatic rings. The zero-order chi connectivity index (χ0) is 19.8. The first-order valence-corrected chi connectivity index (χ1v) is 9.18. The quantitative estimate of drug-likeness (QED) is 0.855. The van der Waals surface area contributed by atoms with Crippen molar-refractivity contribution in [2.45, 2.75) is 38.9 Å². The first kappa shape index (κ1) is 19.4. The van der Waals surface area contributed by atoms with E-state index in [2.05, 4.69) is 15.0 Å². The van der Waals surface area contributed by atoms with Gasteiger partial charge in [0.15, 0.2) is 0 Å². The highest BCUT2D eigenvalue weighted by atomic mass is 32.1. The van der Waals surface area contributed by atoms with Crippen LogP contribution in [0.3, 0.4) is 0 Å². The average Bonchev–Trinajstić information content (AvgIpc) is 3.19. The molecule has 1 N–H and O–H groups in total. The summed E-state index contributed by atoms with van der Waals surface area (Å²) in [5, 5.41) is 6.34. The summed E-state index contributed by atoms with van der Waals surface area (Å²) in [5.74, 6) is -1.49. The summed E-state index contributed by atoms with van der Waals surface area (Å²) >= 11 is 1.07. The molecule has 6 nitrogen and oxygen atoms in total. The first-order valence-electron chi connectivity index (χ1n) is 8.37. The minimum absolute atomic E-state index is 0.0844. The van der Waals surface area contributed by atoms with E-state index in [0.717, 1.165) is 24.2 Å². The second-order valence-corrected chi connectivity index (χ2v) is 7.52. The lowest BCUT2D eigenvalue weighted by molar-refractivity contribution is -0.156. The number of piperidine rings is 1. The van der Waals surface area contributed by atoms with Crippen molar-refractivity contribution in [3.05, 3.63) is 28.3 Å². The topological polar surface area (TPSA) is 75.4 Å². The van der Waals surface area contributed by atoms with Crippen LogP contribution in [0.25, 0.3) is 10.6 Å². The number of nitrogens with one attached hydrogen (secondary N) is 1. The number of carbonyl (C=O) groups is 2. The summed E-state index contributed by atoms with van der Waals surface area (Å²) in [5.41, 5.74) is -0.0202. The van der Waals surface area contributed by atoms with Crippen LogP contribution in [-0.4, -0.2) is 41.0 Å². The molecule has 1 fully saturated rings. The van der Waals surface area contributed by atoms with Crippen LogP contribution in [-0.2, 0) is 11.0 Å². The third-order valence-corrected chi connectivity index (χ3v) is 5.43. The Bertz CT molecular complexity index is 859. The molecule has 0 saturated carbocycles. The van der Waals surface area contributed by atoms with Crippen LogP contribution in [0.5, 0.6) is 0 Å². The lowest BCUT2D eigenvalue weighted by Gasteiger charge is -2.32. The molecule has 1 unspecified atom stereocenters. The minimum atomic E-state index is -4.61. The van der Waals surface area contributed by atoms with Crippen molar-refractivity contribution in [1.29, 1.82) is 0 Å². The summed E-state index contributed by atoms with van der Waals surface area (Å²) in [7, 11) is 0. The minimum Gasteiger partial charge on any atom is -0.352 e. The van der Waals surface area contributed by atoms with E-state index in [4.69, 9.17) is 0 Å². The molecule has 1 atom stereocenters. The van der Waals surface area contributed by atoms with Crippen molar-refractivity contribution in [2.24, 2.45) is 0 Å². The maximum Gasteiger partial charge on any atom is 0.452 e. The van der Waals surface area contributed by atoms with Gasteiger partial charge >= 0.3 is 6.18 Å². The number of hydrogen-bond donors (Lipinski definition) is 1. The molecule has 3 rings (SSSR count). The van der Waals surface area contributed by atoms with Crippen LogP contribution < -0.4 is 5.32 Å². The van der Waals surface area contributed by atoms with Crippen LogP contribution >= 0.6 is 11.3 Å². The van der Waals surface area contributed by atoms with Crippen LogP contribution in [0, 0.1) is 6.92 Å². The number of likely N-dealkylation sites (tertiary alicyclic amines) is 1. The second kappa shape index (κ2) is 7.34. The number of nitrogens with zero attached hydrogens (tertiary/aromatic N) is 2. The Hall–Kier alpha value is -2.36. The number of amides is 2. The van der Waals surface area contributed by atoms with Gasteiger partial charge in [-0.05, 0) is 31.9 Å². The van der Waals surface area contributed by atoms with Crippen molar-refractivity contribution in [2.75, 3.05) is 13.1 Å². The smallest absolute Gasteiger partial charge is 0.352 e. The number of halogens is 3. The molecule has 2 aromatic rings. The Morgan fingerprint density at radius 2 is 2.11 bits per heavy atom. The Morgan fingerprint density at radius 3 is 2.74 bits per heavy atom. The number of hydrogen-bond acceptors (Lipinski definition) is 5. The SMILES string of the molecule is CC(=O)NC1CCCN(C(=O)c2ccc(-c3noc(C(F)(F)F)c3C)s2)C1. The molecule has 10 heteroatoms. The van der Waals surface area contributed by atoms with Crippen molar-refractivity contribution < 1.29 is 27.3 Å². The van der Waals surface area contributed by atoms with E-state index < -0.39 is 11.9 Å². The van der Waals surface area contributed by atoms with Crippen LogP contribution in [0.4, 0.5) is 13.2 Å². The van der Waals surface area contributed by atoms with E-state index in [0.29, 0.717) is 22.8 Å². The molecule has 0 aliphatic carbocycles. The normalized spacial score (nSPS) is 17.8. The molecule has 0 bridgehead atoms. The van der Waals surface area contributed by atoms with E-state index in [1.807, 2.05) is 0 Å². The molecule has 0 aromatic carbocycles. The van der Waals surface area contributed by atoms with Crippen molar-refractivity contribution in [3.63, 3.8) is 0 Å². The molecule has 2 aromatic heterocycles. The highest BCUT2D eigenvalue weighted by Crippen LogP contribution is 2.38. The van der Waals surface area contributed by atoms with Crippen molar-refractivity contribution >= 4 is 23.2 Å². The number of aromatic nitrogens is 1. The molecular weight excluding hydrogens is 383 g/mol. The molecule has 0 radical (unpaired) electrons. The number of carbonyl (C=O) groups excluding carboxylic acids is 2. The van der Waals surface area contributed by atoms with Gasteiger partial charge in [-0.2, -0.15) is 13.2 Å². The van der Waals surface area contributed by atoms with Gasteiger partial charge in [0, 0.05) is 31.6 Å². The monoisotopic (exact) mass is 401 g/mol. The van der Waals surface area contributed by atoms with Gasteiger partial charge in [-0.1, -0.05) is 5.16 Å². The van der Waals surface area contributed by atoms with Crippen molar-refractivity contribution in [1.82, 2.24) is 15.4 Å². The molecule has 146 valence electrons. The van der Waals surface area contributed by atoms with Gasteiger partial charge in [-0.3, -0.25) is 9.59 Å². The fraction of sp³-hybridized carbons (Fsp3) is 0.471. The van der Waals surface area contributed by atoms with Crippen LogP contribution in [0.2, 0.25) is 0 Å². The predicted octanol–water partition coefficient (Wildman–Crippen LogP) is 3.47. The zero-order valence-electron chi connectivity index (χ0n) is 14.7. The maximum absolute atomic E-state index is 12.9. The van der Waals surface area contributed by atoms with Gasteiger partial charge in [0.25, 0.3) is 5.91 Å². The van der Waals surface area contributed by atoms with Crippen LogP contribution in [0.1, 0.15) is 40.8 Å². The molecule has 1 aliphatic heterocycles. The Balaban J connectivity index is 1.77. The molecular formula is C17H18F3N3O3S. The molecule has 3 heterocycles. The lowest BCUT2D eigenvalue weighted by Crippen LogP contribution is -2.49. The number of rotatable bonds is 3. The molecule has 27 heavy (non-hydrogen) atoms. The van der Waals surface area contributed by atoms with Crippen LogP contribution in [0.15, 0.2) is 16.7 Å². The van der Waals surface area contributed by atoms with Crippen molar-refractivity contribution in [3.8, 4) is 10.6 Å². The Labute approximate surface area is 157 Å². The molecule has 1 saturated heterocycles. The van der Waals surface area contributed by atoms with Gasteiger partial charge in [-0.25, -0.2) is 0 Å². The standard InChI is InChI=1S/C17H18F3N3O3S/c1-9-14(22-26-15(9)17(18,19)20)12-5-6-13(27-12)16(25)23-7-3-4-11(8-23)21-10(2)24/h5-6,11H,3-4,7-8H2,1-2H3,(H,21,24). The van der Waals surface area contributed by atoms with E-state index in [-0.39, 0.29) is 29.1 Å². The largest absolute Gasteiger partial charge is 0.452 e. The summed E-state index contributed by atoms with van der Waals surface area (Å²) in [6.07, 6.45) is -3.04. The van der Waals surface area contributed by atoms with E-state index in [1.165, 1.54) is 13.8 Å².